The molecule has 6 aromatic rings. The van der Waals surface area contributed by atoms with Crippen molar-refractivity contribution in [2.24, 2.45) is 0 Å². The highest BCUT2D eigenvalue weighted by molar-refractivity contribution is 7.22. The summed E-state index contributed by atoms with van der Waals surface area (Å²) in [7, 11) is 0. The maximum absolute atomic E-state index is 4.82. The van der Waals surface area contributed by atoms with Gasteiger partial charge in [0, 0.05) is 16.0 Å². The molecule has 32 heavy (non-hydrogen) atoms. The summed E-state index contributed by atoms with van der Waals surface area (Å²) >= 11 is 1.80. The third-order valence-electron chi connectivity index (χ3n) is 6.39. The van der Waals surface area contributed by atoms with Gasteiger partial charge in [-0.15, -0.1) is 11.3 Å². The lowest BCUT2D eigenvalue weighted by atomic mass is 10.00. The highest BCUT2D eigenvalue weighted by Gasteiger charge is 2.12. The first-order valence-electron chi connectivity index (χ1n) is 11.1. The minimum Gasteiger partial charge on any atom is -0.342 e. The number of nitrogens with one attached hydrogen (secondary N) is 2. The second-order valence-electron chi connectivity index (χ2n) is 8.57. The molecule has 3 heterocycles. The van der Waals surface area contributed by atoms with E-state index < -0.39 is 0 Å². The summed E-state index contributed by atoms with van der Waals surface area (Å²) in [5.74, 6) is 2.45. The molecule has 0 aliphatic carbocycles. The lowest BCUT2D eigenvalue weighted by molar-refractivity contribution is 0.692. The fourth-order valence-corrected chi connectivity index (χ4v) is 5.39. The van der Waals surface area contributed by atoms with E-state index in [0.29, 0.717) is 5.92 Å². The summed E-state index contributed by atoms with van der Waals surface area (Å²) in [6.45, 7) is 6.40. The molecule has 0 amide bonds. The SMILES string of the molecule is CCC(C)c1nc2ccc3cc(-c4ccc5cc(-c6cnc(C)[nH]6)sc5c4)ccc3c2[nH]1. The number of nitrogens with zero attached hydrogens (tertiary/aromatic N) is 2. The topological polar surface area (TPSA) is 57.4 Å². The Labute approximate surface area is 190 Å². The van der Waals surface area contributed by atoms with Crippen LogP contribution in [0.25, 0.3) is 53.6 Å². The van der Waals surface area contributed by atoms with E-state index in [0.717, 1.165) is 34.8 Å². The van der Waals surface area contributed by atoms with Crippen LogP contribution in [0.3, 0.4) is 0 Å². The summed E-state index contributed by atoms with van der Waals surface area (Å²) in [6.07, 6.45) is 2.99. The van der Waals surface area contributed by atoms with Crippen LogP contribution < -0.4 is 0 Å². The predicted molar refractivity (Wildman–Crippen MR) is 135 cm³/mol. The Balaban J connectivity index is 1.42. The second kappa shape index (κ2) is 7.31. The van der Waals surface area contributed by atoms with Crippen molar-refractivity contribution >= 4 is 43.2 Å². The highest BCUT2D eigenvalue weighted by Crippen LogP contribution is 2.36. The number of fused-ring (bicyclic) bond motifs is 4. The van der Waals surface area contributed by atoms with E-state index in [2.05, 4.69) is 83.4 Å². The van der Waals surface area contributed by atoms with Gasteiger partial charge in [-0.25, -0.2) is 9.97 Å². The fourth-order valence-electron chi connectivity index (χ4n) is 4.32. The molecule has 0 saturated heterocycles. The van der Waals surface area contributed by atoms with Gasteiger partial charge in [0.15, 0.2) is 0 Å². The van der Waals surface area contributed by atoms with Crippen LogP contribution in [0.1, 0.15) is 37.8 Å². The molecule has 1 atom stereocenters. The van der Waals surface area contributed by atoms with E-state index in [1.54, 1.807) is 11.3 Å². The summed E-state index contributed by atoms with van der Waals surface area (Å²) < 4.78 is 1.28. The van der Waals surface area contributed by atoms with Crippen LogP contribution in [0.5, 0.6) is 0 Å². The Kier molecular flexibility index (Phi) is 4.40. The number of aromatic amines is 2. The number of benzene rings is 3. The Hall–Kier alpha value is -3.44. The minimum atomic E-state index is 0.435. The minimum absolute atomic E-state index is 0.435. The average molecular weight is 437 g/mol. The van der Waals surface area contributed by atoms with Crippen molar-refractivity contribution in [3.63, 3.8) is 0 Å². The number of hydrogen-bond donors (Lipinski definition) is 2. The van der Waals surface area contributed by atoms with Gasteiger partial charge in [-0.3, -0.25) is 0 Å². The monoisotopic (exact) mass is 436 g/mol. The number of thiophene rings is 1. The van der Waals surface area contributed by atoms with Gasteiger partial charge < -0.3 is 9.97 Å². The fraction of sp³-hybridized carbons (Fsp3) is 0.185. The van der Waals surface area contributed by atoms with Crippen molar-refractivity contribution in [3.05, 3.63) is 72.4 Å². The summed E-state index contributed by atoms with van der Waals surface area (Å²) in [5, 5.41) is 3.72. The van der Waals surface area contributed by atoms with Crippen LogP contribution >= 0.6 is 11.3 Å². The van der Waals surface area contributed by atoms with Crippen molar-refractivity contribution < 1.29 is 0 Å². The molecular weight excluding hydrogens is 412 g/mol. The lowest BCUT2D eigenvalue weighted by Gasteiger charge is -2.06. The zero-order valence-corrected chi connectivity index (χ0v) is 19.2. The Bertz CT molecular complexity index is 1600. The first kappa shape index (κ1) is 19.3. The summed E-state index contributed by atoms with van der Waals surface area (Å²) in [4.78, 5) is 17.3. The van der Waals surface area contributed by atoms with Crippen molar-refractivity contribution in [3.8, 4) is 21.7 Å². The molecule has 3 aromatic heterocycles. The number of aryl methyl sites for hydroxylation is 1. The molecule has 4 nitrogen and oxygen atoms in total. The van der Waals surface area contributed by atoms with E-state index in [9.17, 15) is 0 Å². The van der Waals surface area contributed by atoms with E-state index >= 15 is 0 Å². The zero-order chi connectivity index (χ0) is 21.8. The molecule has 0 aliphatic heterocycles. The standard InChI is InChI=1S/C27H24N4S/c1-4-15(2)27-30-22-10-8-19-11-17(7-9-21(19)26(22)31-27)18-5-6-20-13-25(32-24(20)12-18)23-14-28-16(3)29-23/h5-15H,4H2,1-3H3,(H,28,29)(H,30,31). The van der Waals surface area contributed by atoms with Gasteiger partial charge in [0.1, 0.15) is 11.6 Å². The molecule has 5 heteroatoms. The zero-order valence-electron chi connectivity index (χ0n) is 18.4. The number of rotatable bonds is 4. The van der Waals surface area contributed by atoms with Crippen molar-refractivity contribution in [2.45, 2.75) is 33.1 Å². The lowest BCUT2D eigenvalue weighted by Crippen LogP contribution is -1.92. The smallest absolute Gasteiger partial charge is 0.110 e. The first-order chi connectivity index (χ1) is 15.6. The first-order valence-corrected chi connectivity index (χ1v) is 11.9. The quantitative estimate of drug-likeness (QED) is 0.296. The average Bonchev–Trinajstić information content (AvgIpc) is 3.54. The van der Waals surface area contributed by atoms with Crippen LogP contribution in [-0.4, -0.2) is 19.9 Å². The van der Waals surface area contributed by atoms with Crippen molar-refractivity contribution in [1.82, 2.24) is 19.9 Å². The molecule has 6 rings (SSSR count). The predicted octanol–water partition coefficient (Wildman–Crippen LogP) is 7.81. The molecule has 0 saturated carbocycles. The maximum atomic E-state index is 4.82. The van der Waals surface area contributed by atoms with Crippen LogP contribution in [0.4, 0.5) is 0 Å². The van der Waals surface area contributed by atoms with E-state index in [1.165, 1.54) is 36.9 Å². The second-order valence-corrected chi connectivity index (χ2v) is 9.66. The highest BCUT2D eigenvalue weighted by atomic mass is 32.1. The van der Waals surface area contributed by atoms with Crippen molar-refractivity contribution in [2.75, 3.05) is 0 Å². The molecule has 0 aliphatic rings. The van der Waals surface area contributed by atoms with Crippen LogP contribution in [-0.2, 0) is 0 Å². The molecule has 2 N–H and O–H groups in total. The van der Waals surface area contributed by atoms with Crippen molar-refractivity contribution in [1.29, 1.82) is 0 Å². The van der Waals surface area contributed by atoms with Gasteiger partial charge in [-0.1, -0.05) is 44.2 Å². The van der Waals surface area contributed by atoms with Gasteiger partial charge in [0.2, 0.25) is 0 Å². The number of H-pyrrole nitrogens is 2. The van der Waals surface area contributed by atoms with E-state index in [4.69, 9.17) is 4.98 Å². The molecule has 3 aromatic carbocycles. The van der Waals surface area contributed by atoms with Crippen LogP contribution in [0.15, 0.2) is 60.8 Å². The third-order valence-corrected chi connectivity index (χ3v) is 7.52. The number of aromatic nitrogens is 4. The third kappa shape index (κ3) is 3.12. The largest absolute Gasteiger partial charge is 0.342 e. The van der Waals surface area contributed by atoms with Gasteiger partial charge in [0.05, 0.1) is 27.8 Å². The molecule has 1 unspecified atom stereocenters. The molecule has 158 valence electrons. The van der Waals surface area contributed by atoms with Crippen LogP contribution in [0, 0.1) is 6.92 Å². The summed E-state index contributed by atoms with van der Waals surface area (Å²) in [5.41, 5.74) is 5.72. The van der Waals surface area contributed by atoms with Gasteiger partial charge in [-0.2, -0.15) is 0 Å². The molecular formula is C27H24N4S. The van der Waals surface area contributed by atoms with E-state index in [-0.39, 0.29) is 0 Å². The molecule has 0 bridgehead atoms. The normalized spacial score (nSPS) is 12.8. The van der Waals surface area contributed by atoms with Gasteiger partial charge >= 0.3 is 0 Å². The number of imidazole rings is 2. The van der Waals surface area contributed by atoms with Crippen LogP contribution in [0.2, 0.25) is 0 Å². The Morgan fingerprint density at radius 2 is 1.75 bits per heavy atom. The Morgan fingerprint density at radius 1 is 0.938 bits per heavy atom. The molecule has 0 radical (unpaired) electrons. The maximum Gasteiger partial charge on any atom is 0.110 e. The van der Waals surface area contributed by atoms with E-state index in [1.807, 2.05) is 13.1 Å². The molecule has 0 fully saturated rings. The van der Waals surface area contributed by atoms with Gasteiger partial charge in [-0.05, 0) is 59.5 Å². The Morgan fingerprint density at radius 3 is 2.56 bits per heavy atom. The summed E-state index contributed by atoms with van der Waals surface area (Å²) in [6, 6.07) is 20.0. The number of hydrogen-bond acceptors (Lipinski definition) is 3. The molecule has 0 spiro atoms. The van der Waals surface area contributed by atoms with Gasteiger partial charge in [0.25, 0.3) is 0 Å².